The van der Waals surface area contributed by atoms with Crippen LogP contribution in [0.1, 0.15) is 22.3 Å². The number of anilines is 2. The van der Waals surface area contributed by atoms with E-state index in [-0.39, 0.29) is 0 Å². The van der Waals surface area contributed by atoms with Gasteiger partial charge in [-0.3, -0.25) is 4.98 Å². The van der Waals surface area contributed by atoms with E-state index in [1.54, 1.807) is 12.1 Å². The molecule has 0 spiro atoms. The first kappa shape index (κ1) is 18.5. The predicted molar refractivity (Wildman–Crippen MR) is 111 cm³/mol. The van der Waals surface area contributed by atoms with Gasteiger partial charge in [-0.05, 0) is 42.3 Å². The van der Waals surface area contributed by atoms with Crippen LogP contribution in [-0.4, -0.2) is 31.3 Å². The van der Waals surface area contributed by atoms with Gasteiger partial charge in [0, 0.05) is 22.2 Å². The van der Waals surface area contributed by atoms with Crippen molar-refractivity contribution in [3.05, 3.63) is 70.9 Å². The lowest BCUT2D eigenvalue weighted by Gasteiger charge is -2.20. The van der Waals surface area contributed by atoms with E-state index >= 15 is 0 Å². The third kappa shape index (κ3) is 3.59. The second-order valence-electron chi connectivity index (χ2n) is 6.42. The minimum Gasteiger partial charge on any atom is -0.465 e. The number of carbonyl (C=O) groups excluding carboxylic acids is 1. The molecule has 2 heterocycles. The standard InChI is InChI=1S/C22H19ClN2O3/c1-27-22(26)16-4-2-3-5-20(16)25-21-17-12-15(23)6-7-19(17)24-13-18(21)14-8-10-28-11-9-14/h2-8,12-13H,9-11H2,1H3,(H,24,25). The number of benzene rings is 2. The zero-order chi connectivity index (χ0) is 19.5. The second kappa shape index (κ2) is 8.00. The van der Waals surface area contributed by atoms with Crippen molar-refractivity contribution in [2.45, 2.75) is 6.42 Å². The molecule has 0 aliphatic carbocycles. The number of nitrogens with zero attached hydrogens (tertiary/aromatic N) is 1. The molecule has 1 aromatic heterocycles. The summed E-state index contributed by atoms with van der Waals surface area (Å²) < 4.78 is 10.4. The molecule has 0 saturated carbocycles. The Labute approximate surface area is 167 Å². The Balaban J connectivity index is 1.90. The molecule has 0 radical (unpaired) electrons. The van der Waals surface area contributed by atoms with E-state index in [0.717, 1.165) is 34.1 Å². The molecular formula is C22H19ClN2O3. The lowest BCUT2D eigenvalue weighted by atomic mass is 9.98. The van der Waals surface area contributed by atoms with Crippen molar-refractivity contribution in [2.75, 3.05) is 25.6 Å². The van der Waals surface area contributed by atoms with Crippen LogP contribution < -0.4 is 5.32 Å². The van der Waals surface area contributed by atoms with Gasteiger partial charge in [0.2, 0.25) is 0 Å². The maximum Gasteiger partial charge on any atom is 0.339 e. The predicted octanol–water partition coefficient (Wildman–Crippen LogP) is 5.22. The molecule has 0 saturated heterocycles. The number of fused-ring (bicyclic) bond motifs is 1. The fraction of sp³-hybridized carbons (Fsp3) is 0.182. The molecule has 6 heteroatoms. The minimum absolute atomic E-state index is 0.397. The number of ether oxygens (including phenoxy) is 2. The third-order valence-corrected chi connectivity index (χ3v) is 4.97. The number of hydrogen-bond acceptors (Lipinski definition) is 5. The first-order valence-corrected chi connectivity index (χ1v) is 9.35. The fourth-order valence-electron chi connectivity index (χ4n) is 3.33. The molecule has 142 valence electrons. The summed E-state index contributed by atoms with van der Waals surface area (Å²) in [6.07, 6.45) is 4.71. The molecule has 1 aliphatic heterocycles. The van der Waals surface area contributed by atoms with Gasteiger partial charge in [0.25, 0.3) is 0 Å². The van der Waals surface area contributed by atoms with Gasteiger partial charge in [-0.2, -0.15) is 0 Å². The number of aromatic nitrogens is 1. The number of para-hydroxylation sites is 1. The summed E-state index contributed by atoms with van der Waals surface area (Å²) in [6, 6.07) is 12.9. The Hall–Kier alpha value is -2.89. The quantitative estimate of drug-likeness (QED) is 0.614. The maximum atomic E-state index is 12.2. The van der Waals surface area contributed by atoms with E-state index in [9.17, 15) is 4.79 Å². The highest BCUT2D eigenvalue weighted by atomic mass is 35.5. The van der Waals surface area contributed by atoms with Crippen molar-refractivity contribution in [1.82, 2.24) is 4.98 Å². The highest BCUT2D eigenvalue weighted by Gasteiger charge is 2.18. The third-order valence-electron chi connectivity index (χ3n) is 4.73. The van der Waals surface area contributed by atoms with Crippen molar-refractivity contribution in [2.24, 2.45) is 0 Å². The molecule has 0 bridgehead atoms. The fourth-order valence-corrected chi connectivity index (χ4v) is 3.50. The van der Waals surface area contributed by atoms with Crippen LogP contribution >= 0.6 is 11.6 Å². The molecule has 4 rings (SSSR count). The largest absolute Gasteiger partial charge is 0.465 e. The number of halogens is 1. The van der Waals surface area contributed by atoms with Crippen molar-refractivity contribution in [3.8, 4) is 0 Å². The molecule has 1 aliphatic rings. The van der Waals surface area contributed by atoms with Gasteiger partial charge in [0.15, 0.2) is 0 Å². The van der Waals surface area contributed by atoms with Crippen LogP contribution in [-0.2, 0) is 9.47 Å². The maximum absolute atomic E-state index is 12.2. The first-order chi connectivity index (χ1) is 13.7. The molecule has 0 fully saturated rings. The minimum atomic E-state index is -0.397. The van der Waals surface area contributed by atoms with Crippen molar-refractivity contribution >= 4 is 45.4 Å². The average Bonchev–Trinajstić information content (AvgIpc) is 2.74. The average molecular weight is 395 g/mol. The van der Waals surface area contributed by atoms with Gasteiger partial charge in [-0.1, -0.05) is 29.8 Å². The summed E-state index contributed by atoms with van der Waals surface area (Å²) in [5, 5.41) is 4.95. The highest BCUT2D eigenvalue weighted by Crippen LogP contribution is 2.37. The summed E-state index contributed by atoms with van der Waals surface area (Å²) in [5.41, 5.74) is 4.92. The summed E-state index contributed by atoms with van der Waals surface area (Å²) >= 11 is 6.27. The number of carbonyl (C=O) groups is 1. The SMILES string of the molecule is COC(=O)c1ccccc1Nc1c(C2=CCOCC2)cnc2ccc(Cl)cc12. The normalized spacial score (nSPS) is 13.9. The van der Waals surface area contributed by atoms with Crippen molar-refractivity contribution < 1.29 is 14.3 Å². The summed E-state index contributed by atoms with van der Waals surface area (Å²) in [6.45, 7) is 1.23. The van der Waals surface area contributed by atoms with Gasteiger partial charge in [-0.15, -0.1) is 0 Å². The zero-order valence-corrected chi connectivity index (χ0v) is 16.1. The van der Waals surface area contributed by atoms with Gasteiger partial charge >= 0.3 is 5.97 Å². The van der Waals surface area contributed by atoms with E-state index in [0.29, 0.717) is 29.5 Å². The number of esters is 1. The van der Waals surface area contributed by atoms with Gasteiger partial charge in [-0.25, -0.2) is 4.79 Å². The molecule has 3 aromatic rings. The molecule has 1 N–H and O–H groups in total. The highest BCUT2D eigenvalue weighted by molar-refractivity contribution is 6.31. The lowest BCUT2D eigenvalue weighted by Crippen LogP contribution is -2.09. The van der Waals surface area contributed by atoms with Crippen LogP contribution in [0.4, 0.5) is 11.4 Å². The smallest absolute Gasteiger partial charge is 0.339 e. The van der Waals surface area contributed by atoms with E-state index < -0.39 is 5.97 Å². The summed E-state index contributed by atoms with van der Waals surface area (Å²) in [4.78, 5) is 16.8. The number of rotatable bonds is 4. The molecule has 28 heavy (non-hydrogen) atoms. The number of methoxy groups -OCH3 is 1. The van der Waals surface area contributed by atoms with Crippen LogP contribution in [0.15, 0.2) is 54.7 Å². The Morgan fingerprint density at radius 2 is 2.11 bits per heavy atom. The van der Waals surface area contributed by atoms with Crippen molar-refractivity contribution in [3.63, 3.8) is 0 Å². The number of nitrogens with one attached hydrogen (secondary N) is 1. The lowest BCUT2D eigenvalue weighted by molar-refractivity contribution is 0.0602. The topological polar surface area (TPSA) is 60.5 Å². The van der Waals surface area contributed by atoms with Crippen LogP contribution in [0.3, 0.4) is 0 Å². The molecular weight excluding hydrogens is 376 g/mol. The van der Waals surface area contributed by atoms with E-state index in [2.05, 4.69) is 16.4 Å². The molecule has 0 amide bonds. The Bertz CT molecular complexity index is 1080. The Kier molecular flexibility index (Phi) is 5.28. The Morgan fingerprint density at radius 1 is 1.25 bits per heavy atom. The summed E-state index contributed by atoms with van der Waals surface area (Å²) in [7, 11) is 1.37. The second-order valence-corrected chi connectivity index (χ2v) is 6.86. The molecule has 0 unspecified atom stereocenters. The van der Waals surface area contributed by atoms with E-state index in [1.807, 2.05) is 36.5 Å². The van der Waals surface area contributed by atoms with Crippen molar-refractivity contribution in [1.29, 1.82) is 0 Å². The van der Waals surface area contributed by atoms with Crippen LogP contribution in [0.2, 0.25) is 5.02 Å². The summed E-state index contributed by atoms with van der Waals surface area (Å²) in [5.74, 6) is -0.397. The molecule has 5 nitrogen and oxygen atoms in total. The van der Waals surface area contributed by atoms with E-state index in [1.165, 1.54) is 7.11 Å². The monoisotopic (exact) mass is 394 g/mol. The Morgan fingerprint density at radius 3 is 2.89 bits per heavy atom. The van der Waals surface area contributed by atoms with Crippen LogP contribution in [0.25, 0.3) is 16.5 Å². The van der Waals surface area contributed by atoms with Gasteiger partial charge in [0.05, 0.1) is 42.8 Å². The van der Waals surface area contributed by atoms with Crippen LogP contribution in [0, 0.1) is 0 Å². The van der Waals surface area contributed by atoms with Gasteiger partial charge < -0.3 is 14.8 Å². The van der Waals surface area contributed by atoms with E-state index in [4.69, 9.17) is 21.1 Å². The zero-order valence-electron chi connectivity index (χ0n) is 15.4. The van der Waals surface area contributed by atoms with Gasteiger partial charge in [0.1, 0.15) is 0 Å². The number of pyridine rings is 1. The van der Waals surface area contributed by atoms with Crippen LogP contribution in [0.5, 0.6) is 0 Å². The molecule has 0 atom stereocenters. The number of hydrogen-bond donors (Lipinski definition) is 1. The molecule has 2 aromatic carbocycles. The first-order valence-electron chi connectivity index (χ1n) is 8.97.